The summed E-state index contributed by atoms with van der Waals surface area (Å²) in [4.78, 5) is 16.3. The lowest BCUT2D eigenvalue weighted by atomic mass is 10.2. The monoisotopic (exact) mass is 312 g/mol. The zero-order chi connectivity index (χ0) is 15.0. The Labute approximate surface area is 124 Å². The average Bonchev–Trinajstić information content (AvgIpc) is 3.04. The largest absolute Gasteiger partial charge is 0.459 e. The summed E-state index contributed by atoms with van der Waals surface area (Å²) in [5.74, 6) is 0.892. The van der Waals surface area contributed by atoms with Crippen molar-refractivity contribution < 1.29 is 17.6 Å². The van der Waals surface area contributed by atoms with E-state index in [0.29, 0.717) is 31.0 Å². The molecule has 0 bridgehead atoms. The van der Waals surface area contributed by atoms with E-state index in [0.717, 1.165) is 18.7 Å². The summed E-state index contributed by atoms with van der Waals surface area (Å²) < 4.78 is 28.3. The number of piperazine rings is 1. The van der Waals surface area contributed by atoms with Gasteiger partial charge in [0.2, 0.25) is 0 Å². The zero-order valence-electron chi connectivity index (χ0n) is 12.1. The highest BCUT2D eigenvalue weighted by Gasteiger charge is 2.34. The molecular formula is C14H20N2O4S. The summed E-state index contributed by atoms with van der Waals surface area (Å²) in [5.41, 5.74) is 0.851. The fourth-order valence-electron chi connectivity index (χ4n) is 3.09. The molecule has 2 fully saturated rings. The summed E-state index contributed by atoms with van der Waals surface area (Å²) in [5, 5.41) is 0. The number of hydrogen-bond acceptors (Lipinski definition) is 5. The normalized spacial score (nSPS) is 26.1. The van der Waals surface area contributed by atoms with E-state index in [1.54, 1.807) is 11.0 Å². The predicted octanol–water partition coefficient (Wildman–Crippen LogP) is 0.533. The fraction of sp³-hybridized carbons (Fsp3) is 0.643. The topological polar surface area (TPSA) is 70.8 Å². The van der Waals surface area contributed by atoms with Crippen LogP contribution < -0.4 is 0 Å². The molecule has 1 atom stereocenters. The van der Waals surface area contributed by atoms with Crippen molar-refractivity contribution >= 4 is 15.7 Å². The third kappa shape index (κ3) is 2.98. The van der Waals surface area contributed by atoms with E-state index in [-0.39, 0.29) is 17.7 Å². The van der Waals surface area contributed by atoms with Crippen molar-refractivity contribution in [3.63, 3.8) is 0 Å². The van der Waals surface area contributed by atoms with Crippen molar-refractivity contribution in [3.05, 3.63) is 23.7 Å². The number of amides is 1. The van der Waals surface area contributed by atoms with Gasteiger partial charge in [-0.25, -0.2) is 8.42 Å². The Hall–Kier alpha value is -1.34. The lowest BCUT2D eigenvalue weighted by molar-refractivity contribution is 0.0557. The van der Waals surface area contributed by atoms with Gasteiger partial charge in [0.25, 0.3) is 5.91 Å². The molecule has 2 saturated heterocycles. The fourth-order valence-corrected chi connectivity index (χ4v) is 4.85. The Kier molecular flexibility index (Phi) is 3.79. The predicted molar refractivity (Wildman–Crippen MR) is 78.0 cm³/mol. The van der Waals surface area contributed by atoms with Crippen molar-refractivity contribution in [3.8, 4) is 0 Å². The number of sulfone groups is 1. The Balaban J connectivity index is 1.58. The van der Waals surface area contributed by atoms with Crippen LogP contribution in [0, 0.1) is 6.92 Å². The SMILES string of the molecule is Cc1ccoc1C(=O)N1CCN(C2CCS(=O)(=O)C2)CC1. The molecule has 0 saturated carbocycles. The molecule has 3 rings (SSSR count). The minimum absolute atomic E-state index is 0.0730. The van der Waals surface area contributed by atoms with Crippen molar-refractivity contribution in [2.24, 2.45) is 0 Å². The first-order chi connectivity index (χ1) is 9.96. The number of furan rings is 1. The molecule has 1 aromatic heterocycles. The highest BCUT2D eigenvalue weighted by Crippen LogP contribution is 2.20. The van der Waals surface area contributed by atoms with E-state index >= 15 is 0 Å². The first-order valence-corrected chi connectivity index (χ1v) is 9.06. The number of carbonyl (C=O) groups excluding carboxylic acids is 1. The van der Waals surface area contributed by atoms with Gasteiger partial charge in [-0.3, -0.25) is 9.69 Å². The molecule has 2 aliphatic heterocycles. The van der Waals surface area contributed by atoms with Crippen LogP contribution in [-0.4, -0.2) is 67.9 Å². The molecule has 0 N–H and O–H groups in total. The Morgan fingerprint density at radius 2 is 2.00 bits per heavy atom. The smallest absolute Gasteiger partial charge is 0.289 e. The minimum Gasteiger partial charge on any atom is -0.459 e. The van der Waals surface area contributed by atoms with Crippen LogP contribution in [0.1, 0.15) is 22.5 Å². The van der Waals surface area contributed by atoms with Gasteiger partial charge in [-0.1, -0.05) is 0 Å². The third-order valence-electron chi connectivity index (χ3n) is 4.38. The average molecular weight is 312 g/mol. The molecule has 3 heterocycles. The highest BCUT2D eigenvalue weighted by molar-refractivity contribution is 7.91. The van der Waals surface area contributed by atoms with Crippen molar-refractivity contribution in [1.82, 2.24) is 9.80 Å². The van der Waals surface area contributed by atoms with Crippen molar-refractivity contribution in [2.45, 2.75) is 19.4 Å². The quantitative estimate of drug-likeness (QED) is 0.797. The molecule has 6 nitrogen and oxygen atoms in total. The maximum atomic E-state index is 12.3. The number of hydrogen-bond donors (Lipinski definition) is 0. The van der Waals surface area contributed by atoms with Crippen LogP contribution in [0.5, 0.6) is 0 Å². The molecule has 1 amide bonds. The van der Waals surface area contributed by atoms with Crippen LogP contribution in [0.2, 0.25) is 0 Å². The maximum absolute atomic E-state index is 12.3. The Morgan fingerprint density at radius 1 is 1.29 bits per heavy atom. The van der Waals surface area contributed by atoms with Gasteiger partial charge in [-0.15, -0.1) is 0 Å². The van der Waals surface area contributed by atoms with Crippen LogP contribution in [0.25, 0.3) is 0 Å². The molecule has 116 valence electrons. The van der Waals surface area contributed by atoms with E-state index in [2.05, 4.69) is 4.90 Å². The van der Waals surface area contributed by atoms with Crippen LogP contribution in [0.4, 0.5) is 0 Å². The zero-order valence-corrected chi connectivity index (χ0v) is 12.9. The summed E-state index contributed by atoms with van der Waals surface area (Å²) in [6.45, 7) is 4.55. The molecule has 2 aliphatic rings. The van der Waals surface area contributed by atoms with E-state index in [1.807, 2.05) is 6.92 Å². The van der Waals surface area contributed by atoms with Crippen molar-refractivity contribution in [2.75, 3.05) is 37.7 Å². The molecule has 0 spiro atoms. The van der Waals surface area contributed by atoms with Crippen LogP contribution in [0.15, 0.2) is 16.7 Å². The number of nitrogens with zero attached hydrogens (tertiary/aromatic N) is 2. The van der Waals surface area contributed by atoms with Gasteiger partial charge in [-0.05, 0) is 19.4 Å². The van der Waals surface area contributed by atoms with Gasteiger partial charge in [-0.2, -0.15) is 0 Å². The molecule has 1 unspecified atom stereocenters. The molecular weight excluding hydrogens is 292 g/mol. The summed E-state index contributed by atoms with van der Waals surface area (Å²) in [6.07, 6.45) is 2.25. The maximum Gasteiger partial charge on any atom is 0.289 e. The first-order valence-electron chi connectivity index (χ1n) is 7.24. The number of rotatable bonds is 2. The van der Waals surface area contributed by atoms with Crippen LogP contribution >= 0.6 is 0 Å². The second kappa shape index (κ2) is 5.46. The van der Waals surface area contributed by atoms with E-state index in [9.17, 15) is 13.2 Å². The molecule has 7 heteroatoms. The van der Waals surface area contributed by atoms with Gasteiger partial charge in [0.1, 0.15) is 0 Å². The van der Waals surface area contributed by atoms with Crippen molar-refractivity contribution in [1.29, 1.82) is 0 Å². The molecule has 0 aliphatic carbocycles. The van der Waals surface area contributed by atoms with Gasteiger partial charge in [0.15, 0.2) is 15.6 Å². The minimum atomic E-state index is -2.85. The molecule has 21 heavy (non-hydrogen) atoms. The standard InChI is InChI=1S/C14H20N2O4S/c1-11-2-8-20-13(11)14(17)16-6-4-15(5-7-16)12-3-9-21(18,19)10-12/h2,8,12H,3-7,9-10H2,1H3. The van der Waals surface area contributed by atoms with E-state index in [1.165, 1.54) is 6.26 Å². The van der Waals surface area contributed by atoms with Gasteiger partial charge >= 0.3 is 0 Å². The van der Waals surface area contributed by atoms with Gasteiger partial charge in [0.05, 0.1) is 17.8 Å². The third-order valence-corrected chi connectivity index (χ3v) is 6.13. The lowest BCUT2D eigenvalue weighted by Crippen LogP contribution is -2.52. The molecule has 0 radical (unpaired) electrons. The summed E-state index contributed by atoms with van der Waals surface area (Å²) >= 11 is 0. The lowest BCUT2D eigenvalue weighted by Gasteiger charge is -2.37. The van der Waals surface area contributed by atoms with Crippen LogP contribution in [-0.2, 0) is 9.84 Å². The second-order valence-corrected chi connectivity index (χ2v) is 8.05. The first kappa shape index (κ1) is 14.6. The Morgan fingerprint density at radius 3 is 2.52 bits per heavy atom. The van der Waals surface area contributed by atoms with E-state index < -0.39 is 9.84 Å². The number of carbonyl (C=O) groups is 1. The second-order valence-electron chi connectivity index (χ2n) is 5.82. The number of aryl methyl sites for hydroxylation is 1. The summed E-state index contributed by atoms with van der Waals surface area (Å²) in [6, 6.07) is 1.91. The van der Waals surface area contributed by atoms with Gasteiger partial charge < -0.3 is 9.32 Å². The Bertz CT molecular complexity index is 629. The van der Waals surface area contributed by atoms with Gasteiger partial charge in [0, 0.05) is 37.8 Å². The summed E-state index contributed by atoms with van der Waals surface area (Å²) in [7, 11) is -2.85. The van der Waals surface area contributed by atoms with Crippen LogP contribution in [0.3, 0.4) is 0 Å². The molecule has 0 aromatic carbocycles. The van der Waals surface area contributed by atoms with E-state index in [4.69, 9.17) is 4.42 Å². The highest BCUT2D eigenvalue weighted by atomic mass is 32.2. The molecule has 1 aromatic rings.